The highest BCUT2D eigenvalue weighted by Crippen LogP contribution is 2.26. The Bertz CT molecular complexity index is 375. The second kappa shape index (κ2) is 5.80. The van der Waals surface area contributed by atoms with Gasteiger partial charge >= 0.3 is 0 Å². The topological polar surface area (TPSA) is 43.1 Å². The highest BCUT2D eigenvalue weighted by atomic mass is 79.9. The summed E-state index contributed by atoms with van der Waals surface area (Å²) in [6, 6.07) is 6.96. The molecule has 0 amide bonds. The van der Waals surface area contributed by atoms with Gasteiger partial charge in [0.1, 0.15) is 0 Å². The number of nitrogens with zero attached hydrogens (tertiary/aromatic N) is 1. The predicted molar refractivity (Wildman–Crippen MR) is 68.2 cm³/mol. The summed E-state index contributed by atoms with van der Waals surface area (Å²) in [4.78, 5) is 10.7. The van der Waals surface area contributed by atoms with Crippen LogP contribution in [0, 0.1) is 10.1 Å². The molecular formula is C12H14BrNO2. The molecule has 1 rings (SSSR count). The Balaban J connectivity index is 3.01. The lowest BCUT2D eigenvalue weighted by Crippen LogP contribution is -2.25. The number of halogens is 1. The van der Waals surface area contributed by atoms with Crippen molar-refractivity contribution in [2.45, 2.75) is 25.3 Å². The number of hydrogen-bond acceptors (Lipinski definition) is 2. The molecule has 16 heavy (non-hydrogen) atoms. The Morgan fingerprint density at radius 1 is 1.50 bits per heavy atom. The van der Waals surface area contributed by atoms with Gasteiger partial charge in [-0.15, -0.1) is 6.58 Å². The maximum Gasteiger partial charge on any atom is 0.223 e. The lowest BCUT2D eigenvalue weighted by atomic mass is 9.90. The van der Waals surface area contributed by atoms with Crippen molar-refractivity contribution >= 4 is 15.9 Å². The summed E-state index contributed by atoms with van der Waals surface area (Å²) >= 11 is 3.34. The smallest absolute Gasteiger partial charge is 0.223 e. The second-order valence-electron chi connectivity index (χ2n) is 3.57. The molecule has 1 aromatic carbocycles. The minimum absolute atomic E-state index is 0.228. The van der Waals surface area contributed by atoms with E-state index >= 15 is 0 Å². The van der Waals surface area contributed by atoms with Gasteiger partial charge in [-0.2, -0.15) is 0 Å². The van der Waals surface area contributed by atoms with Crippen molar-refractivity contribution in [3.8, 4) is 0 Å². The Kier molecular flexibility index (Phi) is 4.68. The van der Waals surface area contributed by atoms with E-state index in [0.29, 0.717) is 6.42 Å². The van der Waals surface area contributed by atoms with Crippen molar-refractivity contribution < 1.29 is 4.92 Å². The first-order valence-corrected chi connectivity index (χ1v) is 5.91. The van der Waals surface area contributed by atoms with Crippen LogP contribution in [0.4, 0.5) is 0 Å². The summed E-state index contributed by atoms with van der Waals surface area (Å²) in [6.07, 6.45) is 2.15. The summed E-state index contributed by atoms with van der Waals surface area (Å²) in [5.74, 6) is -0.229. The molecule has 3 nitrogen and oxygen atoms in total. The van der Waals surface area contributed by atoms with E-state index in [2.05, 4.69) is 22.5 Å². The first kappa shape index (κ1) is 12.9. The Labute approximate surface area is 103 Å². The third-order valence-corrected chi connectivity index (χ3v) is 3.14. The van der Waals surface area contributed by atoms with Gasteiger partial charge in [-0.05, 0) is 17.7 Å². The van der Waals surface area contributed by atoms with Crippen LogP contribution in [0.5, 0.6) is 0 Å². The van der Waals surface area contributed by atoms with Crippen LogP contribution in [0.25, 0.3) is 0 Å². The molecule has 0 fully saturated rings. The highest BCUT2D eigenvalue weighted by Gasteiger charge is 2.28. The molecule has 86 valence electrons. The highest BCUT2D eigenvalue weighted by molar-refractivity contribution is 9.10. The van der Waals surface area contributed by atoms with Crippen molar-refractivity contribution in [2.75, 3.05) is 0 Å². The molecule has 0 unspecified atom stereocenters. The molecule has 0 saturated carbocycles. The van der Waals surface area contributed by atoms with Crippen molar-refractivity contribution in [3.63, 3.8) is 0 Å². The molecule has 0 aliphatic rings. The fourth-order valence-electron chi connectivity index (χ4n) is 1.73. The summed E-state index contributed by atoms with van der Waals surface area (Å²) in [5.41, 5.74) is 0.932. The first-order valence-electron chi connectivity index (χ1n) is 5.11. The van der Waals surface area contributed by atoms with E-state index in [4.69, 9.17) is 0 Å². The van der Waals surface area contributed by atoms with Gasteiger partial charge < -0.3 is 0 Å². The van der Waals surface area contributed by atoms with Gasteiger partial charge in [0, 0.05) is 15.8 Å². The number of benzene rings is 1. The van der Waals surface area contributed by atoms with Crippen LogP contribution in [0.2, 0.25) is 0 Å². The maximum absolute atomic E-state index is 10.9. The minimum Gasteiger partial charge on any atom is -0.264 e. The Morgan fingerprint density at radius 3 is 2.44 bits per heavy atom. The average Bonchev–Trinajstić information content (AvgIpc) is 2.26. The SMILES string of the molecule is C=C[C@H](c1ccc(Br)cc1)[C@@H](CC)[N+](=O)[O-]. The van der Waals surface area contributed by atoms with E-state index in [0.717, 1.165) is 10.0 Å². The molecule has 2 atom stereocenters. The van der Waals surface area contributed by atoms with E-state index in [-0.39, 0.29) is 10.8 Å². The molecular weight excluding hydrogens is 270 g/mol. The van der Waals surface area contributed by atoms with Crippen LogP contribution in [0.15, 0.2) is 41.4 Å². The molecule has 1 aromatic rings. The zero-order chi connectivity index (χ0) is 12.1. The largest absolute Gasteiger partial charge is 0.264 e. The lowest BCUT2D eigenvalue weighted by molar-refractivity contribution is -0.525. The van der Waals surface area contributed by atoms with Crippen molar-refractivity contribution in [1.82, 2.24) is 0 Å². The van der Waals surface area contributed by atoms with E-state index in [1.807, 2.05) is 31.2 Å². The summed E-state index contributed by atoms with van der Waals surface area (Å²) in [5, 5.41) is 10.9. The van der Waals surface area contributed by atoms with Crippen molar-refractivity contribution in [3.05, 3.63) is 57.1 Å². The standard InChI is InChI=1S/C12H14BrNO2/c1-3-11(12(4-2)14(15)16)9-5-7-10(13)8-6-9/h3,5-8,11-12H,1,4H2,2H3/t11-,12-/m1/s1. The van der Waals surface area contributed by atoms with Crippen LogP contribution in [0.1, 0.15) is 24.8 Å². The summed E-state index contributed by atoms with van der Waals surface area (Å²) < 4.78 is 0.966. The van der Waals surface area contributed by atoms with E-state index < -0.39 is 6.04 Å². The molecule has 0 saturated heterocycles. The number of rotatable bonds is 5. The lowest BCUT2D eigenvalue weighted by Gasteiger charge is -2.16. The Morgan fingerprint density at radius 2 is 2.06 bits per heavy atom. The molecule has 0 heterocycles. The zero-order valence-electron chi connectivity index (χ0n) is 9.10. The van der Waals surface area contributed by atoms with Gasteiger partial charge in [0.25, 0.3) is 0 Å². The van der Waals surface area contributed by atoms with Gasteiger partial charge in [-0.1, -0.05) is 41.1 Å². The van der Waals surface area contributed by atoms with Crippen LogP contribution in [-0.4, -0.2) is 11.0 Å². The summed E-state index contributed by atoms with van der Waals surface area (Å²) in [6.45, 7) is 5.52. The van der Waals surface area contributed by atoms with Gasteiger partial charge in [0.15, 0.2) is 0 Å². The van der Waals surface area contributed by atoms with E-state index in [1.54, 1.807) is 6.08 Å². The number of hydrogen-bond donors (Lipinski definition) is 0. The van der Waals surface area contributed by atoms with Crippen LogP contribution >= 0.6 is 15.9 Å². The second-order valence-corrected chi connectivity index (χ2v) is 4.49. The third-order valence-electron chi connectivity index (χ3n) is 2.61. The fourth-order valence-corrected chi connectivity index (χ4v) is 2.00. The molecule has 0 N–H and O–H groups in total. The first-order chi connectivity index (χ1) is 7.60. The average molecular weight is 284 g/mol. The number of nitro groups is 1. The van der Waals surface area contributed by atoms with E-state index in [1.165, 1.54) is 0 Å². The van der Waals surface area contributed by atoms with Crippen molar-refractivity contribution in [1.29, 1.82) is 0 Å². The molecule has 0 aliphatic carbocycles. The Hall–Kier alpha value is -1.16. The quantitative estimate of drug-likeness (QED) is 0.469. The minimum atomic E-state index is -0.598. The zero-order valence-corrected chi connectivity index (χ0v) is 10.7. The molecule has 0 aliphatic heterocycles. The molecule has 0 radical (unpaired) electrons. The van der Waals surface area contributed by atoms with Gasteiger partial charge in [-0.25, -0.2) is 0 Å². The van der Waals surface area contributed by atoms with Crippen molar-refractivity contribution in [2.24, 2.45) is 0 Å². The molecule has 0 bridgehead atoms. The van der Waals surface area contributed by atoms with Gasteiger partial charge in [-0.3, -0.25) is 10.1 Å². The van der Waals surface area contributed by atoms with Crippen LogP contribution in [-0.2, 0) is 0 Å². The molecule has 0 aromatic heterocycles. The van der Waals surface area contributed by atoms with Gasteiger partial charge in [0.05, 0.1) is 5.92 Å². The predicted octanol–water partition coefficient (Wildman–Crippen LogP) is 3.77. The fraction of sp³-hybridized carbons (Fsp3) is 0.333. The monoisotopic (exact) mass is 283 g/mol. The van der Waals surface area contributed by atoms with Crippen LogP contribution in [0.3, 0.4) is 0 Å². The van der Waals surface area contributed by atoms with E-state index in [9.17, 15) is 10.1 Å². The molecule has 0 spiro atoms. The molecule has 4 heteroatoms. The van der Waals surface area contributed by atoms with Gasteiger partial charge in [0.2, 0.25) is 6.04 Å². The maximum atomic E-state index is 10.9. The third kappa shape index (κ3) is 2.92. The summed E-state index contributed by atoms with van der Waals surface area (Å²) in [7, 11) is 0. The van der Waals surface area contributed by atoms with Crippen LogP contribution < -0.4 is 0 Å². The normalized spacial score (nSPS) is 14.1.